The maximum Gasteiger partial charge on any atom is 0.263 e. The van der Waals surface area contributed by atoms with Crippen LogP contribution in [0.3, 0.4) is 0 Å². The summed E-state index contributed by atoms with van der Waals surface area (Å²) in [6.07, 6.45) is 0. The van der Waals surface area contributed by atoms with E-state index in [1.807, 2.05) is 72.1 Å². The van der Waals surface area contributed by atoms with Crippen molar-refractivity contribution in [3.05, 3.63) is 119 Å². The van der Waals surface area contributed by atoms with Gasteiger partial charge in [-0.25, -0.2) is 4.98 Å². The van der Waals surface area contributed by atoms with E-state index in [9.17, 15) is 9.59 Å². The number of ether oxygens (including phenoxy) is 2. The van der Waals surface area contributed by atoms with Crippen molar-refractivity contribution in [1.29, 1.82) is 0 Å². The van der Waals surface area contributed by atoms with Gasteiger partial charge in [0.05, 0.1) is 19.9 Å². The predicted octanol–water partition coefficient (Wildman–Crippen LogP) is 8.21. The maximum absolute atomic E-state index is 13.6. The molecule has 5 aromatic rings. The molecule has 0 fully saturated rings. The van der Waals surface area contributed by atoms with Gasteiger partial charge in [0.15, 0.2) is 5.13 Å². The molecular weight excluding hydrogens is 590 g/mol. The van der Waals surface area contributed by atoms with E-state index in [2.05, 4.69) is 15.6 Å². The third-order valence-electron chi connectivity index (χ3n) is 6.23. The highest BCUT2D eigenvalue weighted by Crippen LogP contribution is 2.38. The highest BCUT2D eigenvalue weighted by Gasteiger charge is 2.24. The number of carbonyl (C=O) groups is 2. The largest absolute Gasteiger partial charge is 0.496 e. The first kappa shape index (κ1) is 29.2. The van der Waals surface area contributed by atoms with Gasteiger partial charge >= 0.3 is 0 Å². The molecule has 0 saturated carbocycles. The van der Waals surface area contributed by atoms with Gasteiger partial charge in [0.2, 0.25) is 5.91 Å². The number of halogens is 1. The van der Waals surface area contributed by atoms with Crippen molar-refractivity contribution in [2.24, 2.45) is 0 Å². The summed E-state index contributed by atoms with van der Waals surface area (Å²) in [6, 6.07) is 29.5. The maximum atomic E-state index is 13.6. The topological polar surface area (TPSA) is 89.5 Å². The van der Waals surface area contributed by atoms with Gasteiger partial charge in [0.25, 0.3) is 5.91 Å². The quantitative estimate of drug-likeness (QED) is 0.154. The summed E-state index contributed by atoms with van der Waals surface area (Å²) in [5.41, 5.74) is 3.18. The van der Waals surface area contributed by atoms with Gasteiger partial charge in [0, 0.05) is 26.5 Å². The average Bonchev–Trinajstić information content (AvgIpc) is 3.48. The molecule has 0 aliphatic carbocycles. The van der Waals surface area contributed by atoms with Crippen molar-refractivity contribution in [2.75, 3.05) is 24.9 Å². The number of benzene rings is 4. The molecule has 1 unspecified atom stereocenters. The lowest BCUT2D eigenvalue weighted by molar-refractivity contribution is -0.115. The van der Waals surface area contributed by atoms with Crippen LogP contribution in [-0.4, -0.2) is 31.0 Å². The van der Waals surface area contributed by atoms with Crippen LogP contribution in [0.2, 0.25) is 5.02 Å². The first-order valence-electron chi connectivity index (χ1n) is 12.8. The number of rotatable bonds is 10. The van der Waals surface area contributed by atoms with E-state index in [0.717, 1.165) is 16.0 Å². The lowest BCUT2D eigenvalue weighted by Gasteiger charge is -2.17. The van der Waals surface area contributed by atoms with Crippen LogP contribution in [-0.2, 0) is 4.79 Å². The Balaban J connectivity index is 1.36. The summed E-state index contributed by atoms with van der Waals surface area (Å²) in [5, 5.41) is 8.24. The number of hydrogen-bond acceptors (Lipinski definition) is 7. The fourth-order valence-corrected chi connectivity index (χ4v) is 6.28. The highest BCUT2D eigenvalue weighted by atomic mass is 35.5. The minimum atomic E-state index is -0.584. The molecule has 0 radical (unpaired) electrons. The molecule has 5 rings (SSSR count). The van der Waals surface area contributed by atoms with Crippen LogP contribution in [0.1, 0.15) is 21.2 Å². The van der Waals surface area contributed by atoms with E-state index < -0.39 is 5.25 Å². The Morgan fingerprint density at radius 3 is 2.26 bits per heavy atom. The van der Waals surface area contributed by atoms with Gasteiger partial charge in [-0.2, -0.15) is 0 Å². The first-order chi connectivity index (χ1) is 20.5. The summed E-state index contributed by atoms with van der Waals surface area (Å²) in [5.74, 6) is 0.206. The second-order valence-electron chi connectivity index (χ2n) is 8.94. The molecule has 0 spiro atoms. The Bertz CT molecular complexity index is 1690. The summed E-state index contributed by atoms with van der Waals surface area (Å²) < 4.78 is 10.8. The molecule has 42 heavy (non-hydrogen) atoms. The van der Waals surface area contributed by atoms with E-state index >= 15 is 0 Å². The van der Waals surface area contributed by atoms with Crippen molar-refractivity contribution in [1.82, 2.24) is 4.98 Å². The van der Waals surface area contributed by atoms with Crippen molar-refractivity contribution in [2.45, 2.75) is 10.1 Å². The van der Waals surface area contributed by atoms with E-state index in [1.54, 1.807) is 30.3 Å². The van der Waals surface area contributed by atoms with E-state index in [4.69, 9.17) is 21.1 Å². The Kier molecular flexibility index (Phi) is 9.43. The number of nitrogens with zero attached hydrogens (tertiary/aromatic N) is 1. The second kappa shape index (κ2) is 13.6. The number of carbonyl (C=O) groups excluding carboxylic acids is 2. The Labute approximate surface area is 256 Å². The van der Waals surface area contributed by atoms with Gasteiger partial charge < -0.3 is 20.1 Å². The van der Waals surface area contributed by atoms with Crippen LogP contribution < -0.4 is 20.1 Å². The van der Waals surface area contributed by atoms with Gasteiger partial charge in [0.1, 0.15) is 22.3 Å². The molecule has 4 aromatic carbocycles. The molecule has 10 heteroatoms. The lowest BCUT2D eigenvalue weighted by Crippen LogP contribution is -2.19. The summed E-state index contributed by atoms with van der Waals surface area (Å²) in [7, 11) is 3.00. The lowest BCUT2D eigenvalue weighted by atomic mass is 10.1. The summed E-state index contributed by atoms with van der Waals surface area (Å²) >= 11 is 9.04. The number of nitrogens with one attached hydrogen (secondary N) is 2. The molecular formula is C32H26ClN3O4S2. The second-order valence-corrected chi connectivity index (χ2v) is 11.4. The zero-order valence-electron chi connectivity index (χ0n) is 22.7. The summed E-state index contributed by atoms with van der Waals surface area (Å²) in [6.45, 7) is 0. The Hall–Kier alpha value is -4.31. The van der Waals surface area contributed by atoms with Crippen LogP contribution in [0.25, 0.3) is 11.3 Å². The van der Waals surface area contributed by atoms with Crippen molar-refractivity contribution in [3.63, 3.8) is 0 Å². The molecule has 7 nitrogen and oxygen atoms in total. The number of methoxy groups -OCH3 is 2. The number of aromatic nitrogens is 1. The number of thiazole rings is 1. The van der Waals surface area contributed by atoms with E-state index in [0.29, 0.717) is 38.6 Å². The fourth-order valence-electron chi connectivity index (χ4n) is 4.25. The minimum absolute atomic E-state index is 0.223. The predicted molar refractivity (Wildman–Crippen MR) is 170 cm³/mol. The fraction of sp³-hybridized carbons (Fsp3) is 0.0938. The van der Waals surface area contributed by atoms with Gasteiger partial charge in [-0.15, -0.1) is 23.1 Å². The third kappa shape index (κ3) is 6.76. The first-order valence-corrected chi connectivity index (χ1v) is 15.0. The SMILES string of the molecule is COc1cccc(OC)c1C(=O)Nc1cccc(SC(C(=O)Nc2nc(-c3ccccc3Cl)cs2)c2ccccc2)c1. The van der Waals surface area contributed by atoms with Crippen LogP contribution in [0.4, 0.5) is 10.8 Å². The average molecular weight is 616 g/mol. The molecule has 0 aliphatic heterocycles. The van der Waals surface area contributed by atoms with E-state index in [-0.39, 0.29) is 11.8 Å². The van der Waals surface area contributed by atoms with Crippen molar-refractivity contribution in [3.8, 4) is 22.8 Å². The van der Waals surface area contributed by atoms with Crippen LogP contribution in [0.15, 0.2) is 107 Å². The molecule has 0 saturated heterocycles. The summed E-state index contributed by atoms with van der Waals surface area (Å²) in [4.78, 5) is 32.2. The number of anilines is 2. The molecule has 1 heterocycles. The smallest absolute Gasteiger partial charge is 0.263 e. The van der Waals surface area contributed by atoms with Gasteiger partial charge in [-0.3, -0.25) is 9.59 Å². The zero-order chi connectivity index (χ0) is 29.5. The number of amides is 2. The van der Waals surface area contributed by atoms with Crippen molar-refractivity contribution >= 4 is 57.3 Å². The highest BCUT2D eigenvalue weighted by molar-refractivity contribution is 8.00. The Morgan fingerprint density at radius 2 is 1.55 bits per heavy atom. The van der Waals surface area contributed by atoms with Gasteiger partial charge in [-0.05, 0) is 42.0 Å². The standard InChI is InChI=1S/C32H26ClN3O4S2/c1-39-26-16-9-17-27(40-2)28(26)30(37)34-21-12-8-13-22(18-21)42-29(20-10-4-3-5-11-20)31(38)36-32-35-25(19-41-32)23-14-6-7-15-24(23)33/h3-19,29H,1-2H3,(H,34,37)(H,35,36,38). The third-order valence-corrected chi connectivity index (χ3v) is 8.56. The molecule has 212 valence electrons. The van der Waals surface area contributed by atoms with Crippen molar-refractivity contribution < 1.29 is 19.1 Å². The molecule has 2 N–H and O–H groups in total. The number of thioether (sulfide) groups is 1. The Morgan fingerprint density at radius 1 is 0.857 bits per heavy atom. The van der Waals surface area contributed by atoms with E-state index in [1.165, 1.54) is 37.3 Å². The van der Waals surface area contributed by atoms with Crippen LogP contribution >= 0.6 is 34.7 Å². The van der Waals surface area contributed by atoms with Crippen LogP contribution in [0, 0.1) is 0 Å². The molecule has 1 aromatic heterocycles. The van der Waals surface area contributed by atoms with Crippen LogP contribution in [0.5, 0.6) is 11.5 Å². The molecule has 1 atom stereocenters. The number of hydrogen-bond donors (Lipinski definition) is 2. The van der Waals surface area contributed by atoms with Gasteiger partial charge in [-0.1, -0.05) is 72.3 Å². The minimum Gasteiger partial charge on any atom is -0.496 e. The zero-order valence-corrected chi connectivity index (χ0v) is 25.1. The molecule has 0 bridgehead atoms. The monoisotopic (exact) mass is 615 g/mol. The molecule has 2 amide bonds. The molecule has 0 aliphatic rings. The normalized spacial score (nSPS) is 11.4.